The Morgan fingerprint density at radius 2 is 2.25 bits per heavy atom. The molecule has 0 saturated heterocycles. The third-order valence-corrected chi connectivity index (χ3v) is 3.08. The van der Waals surface area contributed by atoms with Gasteiger partial charge in [0.25, 0.3) is 0 Å². The molecule has 0 unspecified atom stereocenters. The van der Waals surface area contributed by atoms with E-state index in [2.05, 4.69) is 9.71 Å². The molecule has 0 aromatic carbocycles. The zero-order valence-electron chi connectivity index (χ0n) is 8.05. The number of halogens is 1. The number of carbonyl (C=O) groups is 1. The summed E-state index contributed by atoms with van der Waals surface area (Å²) < 4.78 is 25.0. The predicted octanol–water partition coefficient (Wildman–Crippen LogP) is 0.951. The van der Waals surface area contributed by atoms with Crippen molar-refractivity contribution in [1.29, 1.82) is 0 Å². The van der Waals surface area contributed by atoms with Gasteiger partial charge in [0.2, 0.25) is 10.0 Å². The smallest absolute Gasteiger partial charge is 0.304 e. The van der Waals surface area contributed by atoms with E-state index in [9.17, 15) is 13.2 Å². The van der Waals surface area contributed by atoms with Crippen molar-refractivity contribution in [3.05, 3.63) is 23.5 Å². The summed E-state index contributed by atoms with van der Waals surface area (Å²) in [5.74, 6) is -1.65. The molecular formula is C8H9ClN2O4S. The van der Waals surface area contributed by atoms with Crippen LogP contribution in [-0.4, -0.2) is 30.2 Å². The van der Waals surface area contributed by atoms with Gasteiger partial charge < -0.3 is 5.11 Å². The molecule has 0 spiro atoms. The Kier molecular flexibility index (Phi) is 4.08. The van der Waals surface area contributed by atoms with E-state index in [0.29, 0.717) is 0 Å². The van der Waals surface area contributed by atoms with E-state index in [1.807, 2.05) is 0 Å². The van der Waals surface area contributed by atoms with E-state index in [4.69, 9.17) is 16.7 Å². The fraction of sp³-hybridized carbons (Fsp3) is 0.250. The molecule has 2 N–H and O–H groups in total. The van der Waals surface area contributed by atoms with Crippen LogP contribution in [0.1, 0.15) is 6.42 Å². The number of rotatable bonds is 5. The van der Waals surface area contributed by atoms with Gasteiger partial charge in [-0.05, 0) is 12.1 Å². The van der Waals surface area contributed by atoms with Gasteiger partial charge in [-0.15, -0.1) is 0 Å². The number of nitrogens with zero attached hydrogens (tertiary/aromatic N) is 1. The summed E-state index contributed by atoms with van der Waals surface area (Å²) in [6, 6.07) is 2.75. The van der Waals surface area contributed by atoms with Crippen LogP contribution >= 0.6 is 11.6 Å². The number of hydrogen-bond donors (Lipinski definition) is 2. The molecule has 0 radical (unpaired) electrons. The Morgan fingerprint density at radius 3 is 2.81 bits per heavy atom. The van der Waals surface area contributed by atoms with Crippen LogP contribution in [0.25, 0.3) is 0 Å². The van der Waals surface area contributed by atoms with Crippen LogP contribution in [0.3, 0.4) is 0 Å². The average molecular weight is 265 g/mol. The van der Waals surface area contributed by atoms with Crippen molar-refractivity contribution in [2.24, 2.45) is 0 Å². The SMILES string of the molecule is O=C(O)CCS(=O)(=O)Nc1ccnc(Cl)c1. The normalized spacial score (nSPS) is 11.1. The number of nitrogens with one attached hydrogen (secondary N) is 1. The molecule has 1 heterocycles. The average Bonchev–Trinajstić information content (AvgIpc) is 2.14. The summed E-state index contributed by atoms with van der Waals surface area (Å²) >= 11 is 5.56. The second-order valence-electron chi connectivity index (χ2n) is 2.93. The molecule has 16 heavy (non-hydrogen) atoms. The van der Waals surface area contributed by atoms with Crippen LogP contribution in [-0.2, 0) is 14.8 Å². The van der Waals surface area contributed by atoms with Crippen molar-refractivity contribution < 1.29 is 18.3 Å². The fourth-order valence-electron chi connectivity index (χ4n) is 0.918. The number of aromatic nitrogens is 1. The van der Waals surface area contributed by atoms with Gasteiger partial charge in [-0.2, -0.15) is 0 Å². The van der Waals surface area contributed by atoms with E-state index in [0.717, 1.165) is 0 Å². The van der Waals surface area contributed by atoms with Gasteiger partial charge in [0, 0.05) is 6.20 Å². The van der Waals surface area contributed by atoms with Crippen LogP contribution in [0.15, 0.2) is 18.3 Å². The lowest BCUT2D eigenvalue weighted by molar-refractivity contribution is -0.136. The van der Waals surface area contributed by atoms with Gasteiger partial charge >= 0.3 is 5.97 Å². The lowest BCUT2D eigenvalue weighted by atomic mass is 10.4. The zero-order chi connectivity index (χ0) is 12.2. The monoisotopic (exact) mass is 264 g/mol. The highest BCUT2D eigenvalue weighted by atomic mass is 35.5. The van der Waals surface area contributed by atoms with Crippen molar-refractivity contribution >= 4 is 33.3 Å². The minimum atomic E-state index is -3.66. The number of carboxylic acid groups (broad SMARTS) is 1. The molecule has 1 rings (SSSR count). The molecule has 0 bridgehead atoms. The van der Waals surface area contributed by atoms with E-state index >= 15 is 0 Å². The third-order valence-electron chi connectivity index (χ3n) is 1.58. The van der Waals surface area contributed by atoms with Crippen molar-refractivity contribution in [3.8, 4) is 0 Å². The molecule has 88 valence electrons. The van der Waals surface area contributed by atoms with Crippen molar-refractivity contribution in [3.63, 3.8) is 0 Å². The predicted molar refractivity (Wildman–Crippen MR) is 58.9 cm³/mol. The van der Waals surface area contributed by atoms with Crippen LogP contribution in [0, 0.1) is 0 Å². The lowest BCUT2D eigenvalue weighted by Gasteiger charge is -2.06. The van der Waals surface area contributed by atoms with Crippen LogP contribution in [0.2, 0.25) is 5.15 Å². The minimum Gasteiger partial charge on any atom is -0.481 e. The number of pyridine rings is 1. The Morgan fingerprint density at radius 1 is 1.56 bits per heavy atom. The van der Waals surface area contributed by atoms with Gasteiger partial charge in [-0.3, -0.25) is 9.52 Å². The summed E-state index contributed by atoms with van der Waals surface area (Å²) in [5.41, 5.74) is 0.255. The Balaban J connectivity index is 2.69. The molecule has 1 aromatic heterocycles. The maximum absolute atomic E-state index is 11.4. The summed E-state index contributed by atoms with van der Waals surface area (Å²) in [6.07, 6.45) is 0.894. The van der Waals surface area contributed by atoms with Gasteiger partial charge in [-0.1, -0.05) is 11.6 Å². The highest BCUT2D eigenvalue weighted by Gasteiger charge is 2.12. The van der Waals surface area contributed by atoms with Gasteiger partial charge in [0.05, 0.1) is 17.9 Å². The Hall–Kier alpha value is -1.34. The van der Waals surface area contributed by atoms with Crippen molar-refractivity contribution in [1.82, 2.24) is 4.98 Å². The number of carboxylic acids is 1. The highest BCUT2D eigenvalue weighted by molar-refractivity contribution is 7.92. The molecule has 6 nitrogen and oxygen atoms in total. The van der Waals surface area contributed by atoms with Gasteiger partial charge in [0.1, 0.15) is 5.15 Å². The third kappa shape index (κ3) is 4.45. The summed E-state index contributed by atoms with van der Waals surface area (Å²) in [5, 5.41) is 8.52. The largest absolute Gasteiger partial charge is 0.481 e. The maximum Gasteiger partial charge on any atom is 0.304 e. The molecule has 0 aliphatic rings. The van der Waals surface area contributed by atoms with Crippen LogP contribution in [0.5, 0.6) is 0 Å². The van der Waals surface area contributed by atoms with Crippen LogP contribution < -0.4 is 4.72 Å². The molecule has 0 aliphatic carbocycles. The number of aliphatic carboxylic acids is 1. The first-order valence-electron chi connectivity index (χ1n) is 4.23. The summed E-state index contributed by atoms with van der Waals surface area (Å²) in [4.78, 5) is 13.9. The fourth-order valence-corrected chi connectivity index (χ4v) is 2.12. The quantitative estimate of drug-likeness (QED) is 0.772. The van der Waals surface area contributed by atoms with Crippen LogP contribution in [0.4, 0.5) is 5.69 Å². The highest BCUT2D eigenvalue weighted by Crippen LogP contribution is 2.13. The van der Waals surface area contributed by atoms with E-state index in [1.165, 1.54) is 18.3 Å². The molecule has 1 aromatic rings. The van der Waals surface area contributed by atoms with Crippen molar-refractivity contribution in [2.45, 2.75) is 6.42 Å². The molecule has 0 aliphatic heterocycles. The number of anilines is 1. The van der Waals surface area contributed by atoms with E-state index in [-0.39, 0.29) is 10.8 Å². The topological polar surface area (TPSA) is 96.4 Å². The first-order chi connectivity index (χ1) is 7.39. The number of sulfonamides is 1. The first kappa shape index (κ1) is 12.7. The van der Waals surface area contributed by atoms with Crippen molar-refractivity contribution in [2.75, 3.05) is 10.5 Å². The maximum atomic E-state index is 11.4. The molecule has 8 heteroatoms. The van der Waals surface area contributed by atoms with Gasteiger partial charge in [-0.25, -0.2) is 13.4 Å². The van der Waals surface area contributed by atoms with E-state index in [1.54, 1.807) is 0 Å². The first-order valence-corrected chi connectivity index (χ1v) is 6.26. The summed E-state index contributed by atoms with van der Waals surface area (Å²) in [7, 11) is -3.66. The standard InChI is InChI=1S/C8H9ClN2O4S/c9-7-5-6(1-3-10-7)11-16(14,15)4-2-8(12)13/h1,3,5H,2,4H2,(H,10,11)(H,12,13). The molecular weight excluding hydrogens is 256 g/mol. The minimum absolute atomic E-state index is 0.151. The Labute approximate surface area is 97.3 Å². The van der Waals surface area contributed by atoms with E-state index < -0.39 is 28.2 Å². The second-order valence-corrected chi connectivity index (χ2v) is 5.16. The van der Waals surface area contributed by atoms with Gasteiger partial charge in [0.15, 0.2) is 0 Å². The summed E-state index contributed by atoms with van der Waals surface area (Å²) in [6.45, 7) is 0. The lowest BCUT2D eigenvalue weighted by Crippen LogP contribution is -2.18. The Bertz CT molecular complexity index is 489. The molecule has 0 atom stereocenters. The molecule has 0 amide bonds. The number of hydrogen-bond acceptors (Lipinski definition) is 4. The molecule has 0 saturated carbocycles. The second kappa shape index (κ2) is 5.13. The zero-order valence-corrected chi connectivity index (χ0v) is 9.62. The molecule has 0 fully saturated rings.